The maximum Gasteiger partial charge on any atom is 0.225 e. The number of amides is 1. The number of carbonyl (C=O) groups excluding carboxylic acids is 1. The van der Waals surface area contributed by atoms with E-state index in [1.807, 2.05) is 0 Å². The third kappa shape index (κ3) is 2.24. The fraction of sp³-hybridized carbons (Fsp3) is 0.923. The predicted octanol–water partition coefficient (Wildman–Crippen LogP) is 1.63. The molecule has 0 aliphatic carbocycles. The van der Waals surface area contributed by atoms with E-state index in [1.165, 1.54) is 12.8 Å². The maximum absolute atomic E-state index is 12.2. The molecule has 3 heteroatoms. The lowest BCUT2D eigenvalue weighted by atomic mass is 9.74. The smallest absolute Gasteiger partial charge is 0.225 e. The molecule has 1 atom stereocenters. The summed E-state index contributed by atoms with van der Waals surface area (Å²) in [5.41, 5.74) is 0.430. The molecular weight excluding hydrogens is 200 g/mol. The Hall–Kier alpha value is -0.570. The molecule has 2 aliphatic heterocycles. The summed E-state index contributed by atoms with van der Waals surface area (Å²) in [5, 5.41) is 3.35. The van der Waals surface area contributed by atoms with Crippen LogP contribution in [0.4, 0.5) is 0 Å². The average molecular weight is 224 g/mol. The van der Waals surface area contributed by atoms with Crippen molar-refractivity contribution in [1.82, 2.24) is 10.2 Å². The maximum atomic E-state index is 12.2. The van der Waals surface area contributed by atoms with Gasteiger partial charge in [-0.2, -0.15) is 0 Å². The van der Waals surface area contributed by atoms with E-state index in [1.54, 1.807) is 0 Å². The first-order valence-corrected chi connectivity index (χ1v) is 6.66. The van der Waals surface area contributed by atoms with Gasteiger partial charge in [-0.25, -0.2) is 0 Å². The quantitative estimate of drug-likeness (QED) is 0.790. The van der Waals surface area contributed by atoms with Gasteiger partial charge in [-0.1, -0.05) is 20.3 Å². The first-order valence-electron chi connectivity index (χ1n) is 6.66. The number of likely N-dealkylation sites (tertiary alicyclic amines) is 1. The SMILES string of the molecule is CCCC(C)C(=O)N1CCCC2(CNC2)C1. The summed E-state index contributed by atoms with van der Waals surface area (Å²) in [6, 6.07) is 0. The molecule has 0 saturated carbocycles. The highest BCUT2D eigenvalue weighted by molar-refractivity contribution is 5.78. The summed E-state index contributed by atoms with van der Waals surface area (Å²) in [6.45, 7) is 8.42. The van der Waals surface area contributed by atoms with Crippen molar-refractivity contribution in [3.8, 4) is 0 Å². The number of hydrogen-bond donors (Lipinski definition) is 1. The predicted molar refractivity (Wildman–Crippen MR) is 65.2 cm³/mol. The Balaban J connectivity index is 1.91. The fourth-order valence-corrected chi connectivity index (χ4v) is 3.03. The lowest BCUT2D eigenvalue weighted by molar-refractivity contribution is -0.139. The summed E-state index contributed by atoms with van der Waals surface area (Å²) in [4.78, 5) is 14.3. The molecule has 1 N–H and O–H groups in total. The van der Waals surface area contributed by atoms with Gasteiger partial charge in [-0.15, -0.1) is 0 Å². The molecule has 2 saturated heterocycles. The molecule has 0 radical (unpaired) electrons. The van der Waals surface area contributed by atoms with Crippen LogP contribution in [0.5, 0.6) is 0 Å². The first-order chi connectivity index (χ1) is 7.67. The van der Waals surface area contributed by atoms with Gasteiger partial charge in [0.1, 0.15) is 0 Å². The van der Waals surface area contributed by atoms with Crippen LogP contribution in [-0.2, 0) is 4.79 Å². The number of nitrogens with zero attached hydrogens (tertiary/aromatic N) is 1. The highest BCUT2D eigenvalue weighted by atomic mass is 16.2. The topological polar surface area (TPSA) is 32.3 Å². The Bertz CT molecular complexity index is 261. The van der Waals surface area contributed by atoms with Crippen LogP contribution in [0, 0.1) is 11.3 Å². The molecule has 1 spiro atoms. The van der Waals surface area contributed by atoms with Crippen LogP contribution >= 0.6 is 0 Å². The van der Waals surface area contributed by atoms with Crippen molar-refractivity contribution in [3.63, 3.8) is 0 Å². The van der Waals surface area contributed by atoms with E-state index in [-0.39, 0.29) is 5.92 Å². The summed E-state index contributed by atoms with van der Waals surface area (Å²) >= 11 is 0. The molecule has 1 unspecified atom stereocenters. The molecule has 2 heterocycles. The van der Waals surface area contributed by atoms with Gasteiger partial charge >= 0.3 is 0 Å². The minimum absolute atomic E-state index is 0.216. The van der Waals surface area contributed by atoms with Crippen LogP contribution in [0.2, 0.25) is 0 Å². The Morgan fingerprint density at radius 1 is 1.50 bits per heavy atom. The van der Waals surface area contributed by atoms with Crippen molar-refractivity contribution in [2.45, 2.75) is 39.5 Å². The van der Waals surface area contributed by atoms with E-state index < -0.39 is 0 Å². The zero-order valence-electron chi connectivity index (χ0n) is 10.6. The molecule has 1 amide bonds. The largest absolute Gasteiger partial charge is 0.342 e. The molecule has 0 aromatic rings. The van der Waals surface area contributed by atoms with E-state index in [0.29, 0.717) is 11.3 Å². The molecule has 0 bridgehead atoms. The highest BCUT2D eigenvalue weighted by Gasteiger charge is 2.42. The minimum atomic E-state index is 0.216. The van der Waals surface area contributed by atoms with Gasteiger partial charge in [0.15, 0.2) is 0 Å². The second-order valence-electron chi connectivity index (χ2n) is 5.66. The normalized spacial score (nSPS) is 25.2. The van der Waals surface area contributed by atoms with Gasteiger partial charge < -0.3 is 10.2 Å². The second kappa shape index (κ2) is 4.74. The zero-order chi connectivity index (χ0) is 11.6. The van der Waals surface area contributed by atoms with Crippen LogP contribution in [0.25, 0.3) is 0 Å². The summed E-state index contributed by atoms with van der Waals surface area (Å²) in [7, 11) is 0. The first kappa shape index (κ1) is 11.9. The van der Waals surface area contributed by atoms with Gasteiger partial charge in [0.05, 0.1) is 0 Å². The standard InChI is InChI=1S/C13H24N2O/c1-3-5-11(2)12(16)15-7-4-6-13(10-15)8-14-9-13/h11,14H,3-10H2,1-2H3. The summed E-state index contributed by atoms with van der Waals surface area (Å²) in [5.74, 6) is 0.598. The summed E-state index contributed by atoms with van der Waals surface area (Å²) in [6.07, 6.45) is 4.62. The van der Waals surface area contributed by atoms with Crippen molar-refractivity contribution in [2.24, 2.45) is 11.3 Å². The molecule has 3 nitrogen and oxygen atoms in total. The van der Waals surface area contributed by atoms with Crippen LogP contribution < -0.4 is 5.32 Å². The Labute approximate surface area is 98.6 Å². The number of carbonyl (C=O) groups is 1. The molecule has 0 aromatic carbocycles. The third-order valence-electron chi connectivity index (χ3n) is 4.12. The van der Waals surface area contributed by atoms with Crippen molar-refractivity contribution >= 4 is 5.91 Å². The van der Waals surface area contributed by atoms with Crippen LogP contribution in [0.3, 0.4) is 0 Å². The third-order valence-corrected chi connectivity index (χ3v) is 4.12. The Kier molecular flexibility index (Phi) is 3.53. The van der Waals surface area contributed by atoms with Gasteiger partial charge in [-0.3, -0.25) is 4.79 Å². The van der Waals surface area contributed by atoms with Crippen molar-refractivity contribution in [3.05, 3.63) is 0 Å². The molecule has 92 valence electrons. The van der Waals surface area contributed by atoms with E-state index in [2.05, 4.69) is 24.1 Å². The number of rotatable bonds is 3. The highest BCUT2D eigenvalue weighted by Crippen LogP contribution is 2.34. The van der Waals surface area contributed by atoms with Gasteiger partial charge in [-0.05, 0) is 19.3 Å². The minimum Gasteiger partial charge on any atom is -0.342 e. The molecule has 16 heavy (non-hydrogen) atoms. The van der Waals surface area contributed by atoms with Crippen LogP contribution in [0.15, 0.2) is 0 Å². The lowest BCUT2D eigenvalue weighted by Gasteiger charge is -2.49. The molecule has 2 fully saturated rings. The van der Waals surface area contributed by atoms with Gasteiger partial charge in [0.25, 0.3) is 0 Å². The average Bonchev–Trinajstić information content (AvgIpc) is 2.26. The molecule has 2 aliphatic rings. The number of nitrogens with one attached hydrogen (secondary N) is 1. The zero-order valence-corrected chi connectivity index (χ0v) is 10.6. The van der Waals surface area contributed by atoms with E-state index in [9.17, 15) is 4.79 Å². The van der Waals surface area contributed by atoms with E-state index >= 15 is 0 Å². The van der Waals surface area contributed by atoms with E-state index in [0.717, 1.165) is 39.0 Å². The van der Waals surface area contributed by atoms with Crippen molar-refractivity contribution in [1.29, 1.82) is 0 Å². The molecule has 2 rings (SSSR count). The van der Waals surface area contributed by atoms with Gasteiger partial charge in [0.2, 0.25) is 5.91 Å². The Morgan fingerprint density at radius 3 is 2.81 bits per heavy atom. The fourth-order valence-electron chi connectivity index (χ4n) is 3.03. The summed E-state index contributed by atoms with van der Waals surface area (Å²) < 4.78 is 0. The van der Waals surface area contributed by atoms with Crippen molar-refractivity contribution < 1.29 is 4.79 Å². The second-order valence-corrected chi connectivity index (χ2v) is 5.66. The lowest BCUT2D eigenvalue weighted by Crippen LogP contribution is -2.62. The number of hydrogen-bond acceptors (Lipinski definition) is 2. The van der Waals surface area contributed by atoms with Crippen LogP contribution in [0.1, 0.15) is 39.5 Å². The van der Waals surface area contributed by atoms with Crippen molar-refractivity contribution in [2.75, 3.05) is 26.2 Å². The Morgan fingerprint density at radius 2 is 2.25 bits per heavy atom. The van der Waals surface area contributed by atoms with Gasteiger partial charge in [0, 0.05) is 37.5 Å². The van der Waals surface area contributed by atoms with E-state index in [4.69, 9.17) is 0 Å². The van der Waals surface area contributed by atoms with Crippen LogP contribution in [-0.4, -0.2) is 37.0 Å². The molecular formula is C13H24N2O. The molecule has 0 aromatic heterocycles. The number of piperidine rings is 1. The monoisotopic (exact) mass is 224 g/mol.